The van der Waals surface area contributed by atoms with Crippen molar-refractivity contribution in [2.24, 2.45) is 0 Å². The number of carbonyl (C=O) groups is 2. The van der Waals surface area contributed by atoms with Crippen molar-refractivity contribution in [3.8, 4) is 0 Å². The number of nitrogens with one attached hydrogen (secondary N) is 1. The van der Waals surface area contributed by atoms with Gasteiger partial charge in [0.05, 0.1) is 5.56 Å². The normalized spacial score (nSPS) is 14.4. The average Bonchev–Trinajstić information content (AvgIpc) is 2.74. The maximum atomic E-state index is 14.1. The Hall–Kier alpha value is -2.96. The number of piperidine rings is 1. The molecule has 1 aliphatic heterocycles. The van der Waals surface area contributed by atoms with Gasteiger partial charge in [-0.1, -0.05) is 32.0 Å². The molecule has 0 aliphatic carbocycles. The van der Waals surface area contributed by atoms with Crippen LogP contribution in [0, 0.1) is 5.82 Å². The second-order valence-electron chi connectivity index (χ2n) is 8.37. The van der Waals surface area contributed by atoms with Gasteiger partial charge >= 0.3 is 0 Å². The fraction of sp³-hybridized carbons (Fsp3) is 0.435. The van der Waals surface area contributed by atoms with Crippen molar-refractivity contribution >= 4 is 11.8 Å². The number of likely N-dealkylation sites (tertiary alicyclic amines) is 1. The second-order valence-corrected chi connectivity index (χ2v) is 8.37. The fourth-order valence-electron chi connectivity index (χ4n) is 3.69. The van der Waals surface area contributed by atoms with Crippen molar-refractivity contribution in [3.05, 3.63) is 69.9 Å². The molecule has 0 unspecified atom stereocenters. The monoisotopic (exact) mass is 413 g/mol. The van der Waals surface area contributed by atoms with Crippen molar-refractivity contribution in [1.29, 1.82) is 0 Å². The van der Waals surface area contributed by atoms with Gasteiger partial charge in [-0.25, -0.2) is 4.39 Å². The van der Waals surface area contributed by atoms with Crippen LogP contribution >= 0.6 is 0 Å². The summed E-state index contributed by atoms with van der Waals surface area (Å²) >= 11 is 0. The summed E-state index contributed by atoms with van der Waals surface area (Å²) < 4.78 is 15.4. The lowest BCUT2D eigenvalue weighted by molar-refractivity contribution is -0.132. The Morgan fingerprint density at radius 2 is 1.77 bits per heavy atom. The maximum Gasteiger partial charge on any atom is 0.252 e. The highest BCUT2D eigenvalue weighted by molar-refractivity contribution is 5.94. The summed E-state index contributed by atoms with van der Waals surface area (Å²) in [5.74, 6) is -0.810. The van der Waals surface area contributed by atoms with Gasteiger partial charge in [-0.3, -0.25) is 14.4 Å². The average molecular weight is 413 g/mol. The summed E-state index contributed by atoms with van der Waals surface area (Å²) in [6.45, 7) is 5.25. The molecule has 1 fully saturated rings. The van der Waals surface area contributed by atoms with Gasteiger partial charge in [-0.15, -0.1) is 0 Å². The first-order valence-corrected chi connectivity index (χ1v) is 10.3. The third-order valence-electron chi connectivity index (χ3n) is 5.55. The molecule has 0 bridgehead atoms. The third kappa shape index (κ3) is 5.14. The van der Waals surface area contributed by atoms with Crippen molar-refractivity contribution in [1.82, 2.24) is 14.8 Å². The number of halogens is 1. The molecule has 2 amide bonds. The van der Waals surface area contributed by atoms with Crippen LogP contribution in [0.2, 0.25) is 0 Å². The van der Waals surface area contributed by atoms with Crippen LogP contribution in [0.25, 0.3) is 0 Å². The minimum absolute atomic E-state index is 0.0827. The Labute approximate surface area is 175 Å². The Kier molecular flexibility index (Phi) is 6.70. The Morgan fingerprint density at radius 1 is 1.07 bits per heavy atom. The van der Waals surface area contributed by atoms with E-state index in [1.807, 2.05) is 13.8 Å². The first-order chi connectivity index (χ1) is 14.3. The van der Waals surface area contributed by atoms with Crippen molar-refractivity contribution in [3.63, 3.8) is 0 Å². The van der Waals surface area contributed by atoms with Crippen LogP contribution < -0.4 is 10.9 Å². The Morgan fingerprint density at radius 3 is 2.47 bits per heavy atom. The number of carbonyl (C=O) groups excluding carboxylic acids is 2. The summed E-state index contributed by atoms with van der Waals surface area (Å²) in [4.78, 5) is 39.1. The number of amides is 2. The van der Waals surface area contributed by atoms with Crippen LogP contribution in [0.1, 0.15) is 49.0 Å². The van der Waals surface area contributed by atoms with Crippen LogP contribution in [0.15, 0.2) is 47.4 Å². The Bertz CT molecular complexity index is 978. The second kappa shape index (κ2) is 9.24. The van der Waals surface area contributed by atoms with Crippen molar-refractivity contribution < 1.29 is 14.0 Å². The molecule has 2 heterocycles. The molecule has 1 saturated heterocycles. The number of pyridine rings is 1. The number of aromatic nitrogens is 1. The molecule has 0 radical (unpaired) electrons. The third-order valence-corrected chi connectivity index (χ3v) is 5.55. The molecule has 1 aliphatic rings. The van der Waals surface area contributed by atoms with E-state index in [0.717, 1.165) is 19.3 Å². The highest BCUT2D eigenvalue weighted by atomic mass is 19.1. The lowest BCUT2D eigenvalue weighted by Crippen LogP contribution is -2.40. The van der Waals surface area contributed by atoms with Gasteiger partial charge in [-0.05, 0) is 37.0 Å². The van der Waals surface area contributed by atoms with Gasteiger partial charge in [0.15, 0.2) is 0 Å². The van der Waals surface area contributed by atoms with Crippen molar-refractivity contribution in [2.45, 2.75) is 45.1 Å². The molecule has 160 valence electrons. The van der Waals surface area contributed by atoms with E-state index in [1.54, 1.807) is 23.1 Å². The quantitative estimate of drug-likeness (QED) is 0.792. The van der Waals surface area contributed by atoms with Gasteiger partial charge in [-0.2, -0.15) is 0 Å². The van der Waals surface area contributed by atoms with Crippen LogP contribution in [-0.2, 0) is 16.8 Å². The van der Waals surface area contributed by atoms with Gasteiger partial charge in [0.2, 0.25) is 5.91 Å². The van der Waals surface area contributed by atoms with Gasteiger partial charge in [0.1, 0.15) is 12.4 Å². The largest absolute Gasteiger partial charge is 0.351 e. The summed E-state index contributed by atoms with van der Waals surface area (Å²) in [6.07, 6.45) is 4.47. The molecule has 1 N–H and O–H groups in total. The van der Waals surface area contributed by atoms with E-state index >= 15 is 0 Å². The van der Waals surface area contributed by atoms with E-state index in [0.29, 0.717) is 18.7 Å². The van der Waals surface area contributed by atoms with Crippen LogP contribution in [-0.4, -0.2) is 40.9 Å². The zero-order chi connectivity index (χ0) is 21.7. The van der Waals surface area contributed by atoms with E-state index in [1.165, 1.54) is 29.0 Å². The molecule has 7 heteroatoms. The van der Waals surface area contributed by atoms with Crippen LogP contribution in [0.4, 0.5) is 4.39 Å². The molecule has 1 aromatic carbocycles. The first-order valence-electron chi connectivity index (χ1n) is 10.3. The zero-order valence-electron chi connectivity index (χ0n) is 17.5. The minimum atomic E-state index is -0.611. The van der Waals surface area contributed by atoms with Crippen LogP contribution in [0.5, 0.6) is 0 Å². The number of nitrogens with zero attached hydrogens (tertiary/aromatic N) is 2. The van der Waals surface area contributed by atoms with Gasteiger partial charge in [0, 0.05) is 37.3 Å². The predicted octanol–water partition coefficient (Wildman–Crippen LogP) is 2.71. The number of benzene rings is 1. The SMILES string of the molecule is CC(C)(CNC(=O)c1ccc(=O)n(CC(=O)N2CCCCC2)c1)c1ccccc1F. The number of hydrogen-bond acceptors (Lipinski definition) is 3. The molecule has 0 atom stereocenters. The molecule has 6 nitrogen and oxygen atoms in total. The zero-order valence-corrected chi connectivity index (χ0v) is 17.5. The lowest BCUT2D eigenvalue weighted by Gasteiger charge is -2.27. The van der Waals surface area contributed by atoms with E-state index in [4.69, 9.17) is 0 Å². The summed E-state index contributed by atoms with van der Waals surface area (Å²) in [5.41, 5.74) is -0.143. The number of rotatable bonds is 6. The van der Waals surface area contributed by atoms with Gasteiger partial charge in [0.25, 0.3) is 11.5 Å². The molecule has 30 heavy (non-hydrogen) atoms. The predicted molar refractivity (Wildman–Crippen MR) is 113 cm³/mol. The molecule has 0 spiro atoms. The highest BCUT2D eigenvalue weighted by Crippen LogP contribution is 2.24. The van der Waals surface area contributed by atoms with Crippen molar-refractivity contribution in [2.75, 3.05) is 19.6 Å². The van der Waals surface area contributed by atoms with E-state index < -0.39 is 5.41 Å². The molecule has 1 aromatic heterocycles. The van der Waals surface area contributed by atoms with E-state index in [9.17, 15) is 18.8 Å². The molecule has 3 rings (SSSR count). The van der Waals surface area contributed by atoms with E-state index in [-0.39, 0.29) is 41.8 Å². The highest BCUT2D eigenvalue weighted by Gasteiger charge is 2.25. The molecular formula is C23H28FN3O3. The summed E-state index contributed by atoms with van der Waals surface area (Å²) in [5, 5.41) is 2.81. The standard InChI is InChI=1S/C23H28FN3O3/c1-23(2,18-8-4-5-9-19(18)24)16-25-22(30)17-10-11-20(28)27(14-17)15-21(29)26-12-6-3-7-13-26/h4-5,8-11,14H,3,6-7,12-13,15-16H2,1-2H3,(H,25,30). The summed E-state index contributed by atoms with van der Waals surface area (Å²) in [7, 11) is 0. The molecule has 0 saturated carbocycles. The molecule has 2 aromatic rings. The number of hydrogen-bond donors (Lipinski definition) is 1. The lowest BCUT2D eigenvalue weighted by atomic mass is 9.84. The fourth-order valence-corrected chi connectivity index (χ4v) is 3.69. The van der Waals surface area contributed by atoms with E-state index in [2.05, 4.69) is 5.32 Å². The topological polar surface area (TPSA) is 71.4 Å². The Balaban J connectivity index is 1.67. The molecular weight excluding hydrogens is 385 g/mol. The maximum absolute atomic E-state index is 14.1. The summed E-state index contributed by atoms with van der Waals surface area (Å²) in [6, 6.07) is 9.22. The van der Waals surface area contributed by atoms with Gasteiger partial charge < -0.3 is 14.8 Å². The smallest absolute Gasteiger partial charge is 0.252 e. The van der Waals surface area contributed by atoms with Crippen LogP contribution in [0.3, 0.4) is 0 Å². The first kappa shape index (κ1) is 21.7. The minimum Gasteiger partial charge on any atom is -0.351 e.